The molecule has 0 bridgehead atoms. The van der Waals surface area contributed by atoms with Gasteiger partial charge >= 0.3 is 6.09 Å². The monoisotopic (exact) mass is 264 g/mol. The van der Waals surface area contributed by atoms with Gasteiger partial charge in [-0.15, -0.1) is 0 Å². The van der Waals surface area contributed by atoms with Gasteiger partial charge in [0.2, 0.25) is 0 Å². The average Bonchev–Trinajstić information content (AvgIpc) is 2.65. The molecule has 1 N–H and O–H groups in total. The van der Waals surface area contributed by atoms with E-state index in [0.29, 0.717) is 16.7 Å². The van der Waals surface area contributed by atoms with Crippen molar-refractivity contribution in [2.45, 2.75) is 26.4 Å². The third-order valence-corrected chi connectivity index (χ3v) is 2.48. The fourth-order valence-corrected chi connectivity index (χ4v) is 1.77. The fraction of sp³-hybridized carbons (Fsp3) is 0.385. The largest absolute Gasteiger partial charge is 0.496 e. The summed E-state index contributed by atoms with van der Waals surface area (Å²) in [6.45, 7) is 5.28. The molecule has 0 aliphatic heterocycles. The Hall–Kier alpha value is -2.24. The number of methoxy groups -OCH3 is 1. The van der Waals surface area contributed by atoms with Gasteiger partial charge in [-0.2, -0.15) is 4.68 Å². The van der Waals surface area contributed by atoms with Gasteiger partial charge in [0.25, 0.3) is 5.56 Å². The van der Waals surface area contributed by atoms with Crippen molar-refractivity contribution in [2.24, 2.45) is 0 Å². The molecule has 0 atom stereocenters. The number of carbonyl (C=O) groups is 1. The molecule has 0 saturated carbocycles. The maximum Gasteiger partial charge on any atom is 0.434 e. The smallest absolute Gasteiger partial charge is 0.434 e. The van der Waals surface area contributed by atoms with Crippen LogP contribution in [0, 0.1) is 0 Å². The number of rotatable bonds is 1. The van der Waals surface area contributed by atoms with E-state index in [9.17, 15) is 9.59 Å². The molecule has 0 saturated heterocycles. The van der Waals surface area contributed by atoms with Crippen LogP contribution >= 0.6 is 0 Å². The van der Waals surface area contributed by atoms with Crippen molar-refractivity contribution in [3.8, 4) is 5.75 Å². The molecule has 19 heavy (non-hydrogen) atoms. The van der Waals surface area contributed by atoms with E-state index in [0.717, 1.165) is 4.68 Å². The number of aromatic amines is 1. The highest BCUT2D eigenvalue weighted by atomic mass is 16.6. The van der Waals surface area contributed by atoms with E-state index < -0.39 is 17.3 Å². The average molecular weight is 264 g/mol. The molecule has 0 spiro atoms. The van der Waals surface area contributed by atoms with Crippen LogP contribution in [0.25, 0.3) is 10.9 Å². The summed E-state index contributed by atoms with van der Waals surface area (Å²) in [6.07, 6.45) is -0.632. The molecule has 0 amide bonds. The van der Waals surface area contributed by atoms with Crippen LogP contribution in [-0.2, 0) is 4.74 Å². The highest BCUT2D eigenvalue weighted by Crippen LogP contribution is 2.22. The first-order chi connectivity index (χ1) is 8.83. The lowest BCUT2D eigenvalue weighted by atomic mass is 10.2. The van der Waals surface area contributed by atoms with Crippen molar-refractivity contribution < 1.29 is 14.3 Å². The third-order valence-electron chi connectivity index (χ3n) is 2.48. The lowest BCUT2D eigenvalue weighted by molar-refractivity contribution is 0.0522. The summed E-state index contributed by atoms with van der Waals surface area (Å²) in [5, 5.41) is 2.79. The molecule has 0 unspecified atom stereocenters. The molecule has 0 radical (unpaired) electrons. The second kappa shape index (κ2) is 4.46. The van der Waals surface area contributed by atoms with Crippen LogP contribution in [0.5, 0.6) is 5.75 Å². The van der Waals surface area contributed by atoms with E-state index >= 15 is 0 Å². The summed E-state index contributed by atoms with van der Waals surface area (Å²) in [5.74, 6) is 0.418. The summed E-state index contributed by atoms with van der Waals surface area (Å²) in [5.41, 5.74) is -0.597. The maximum atomic E-state index is 12.0. The Morgan fingerprint density at radius 2 is 2.00 bits per heavy atom. The lowest BCUT2D eigenvalue weighted by Gasteiger charge is -2.19. The maximum absolute atomic E-state index is 12.0. The number of H-pyrrole nitrogens is 1. The first kappa shape index (κ1) is 13.2. The molecule has 102 valence electrons. The molecule has 1 aromatic heterocycles. The summed E-state index contributed by atoms with van der Waals surface area (Å²) in [6, 6.07) is 5.02. The van der Waals surface area contributed by atoms with Crippen molar-refractivity contribution in [1.29, 1.82) is 0 Å². The van der Waals surface area contributed by atoms with E-state index in [1.807, 2.05) is 0 Å². The first-order valence-electron chi connectivity index (χ1n) is 5.84. The normalized spacial score (nSPS) is 11.6. The van der Waals surface area contributed by atoms with Crippen LogP contribution in [-0.4, -0.2) is 28.6 Å². The van der Waals surface area contributed by atoms with Crippen molar-refractivity contribution in [2.75, 3.05) is 7.11 Å². The Morgan fingerprint density at radius 3 is 2.58 bits per heavy atom. The van der Waals surface area contributed by atoms with Gasteiger partial charge < -0.3 is 9.47 Å². The van der Waals surface area contributed by atoms with Crippen LogP contribution in [0.3, 0.4) is 0 Å². The van der Waals surface area contributed by atoms with Gasteiger partial charge in [-0.25, -0.2) is 4.79 Å². The Morgan fingerprint density at radius 1 is 1.32 bits per heavy atom. The molecule has 0 aliphatic rings. The predicted molar refractivity (Wildman–Crippen MR) is 70.7 cm³/mol. The summed E-state index contributed by atoms with van der Waals surface area (Å²) < 4.78 is 11.4. The zero-order chi connectivity index (χ0) is 14.2. The number of nitrogens with zero attached hydrogens (tertiary/aromatic N) is 1. The molecular weight excluding hydrogens is 248 g/mol. The number of fused-ring (bicyclic) bond motifs is 1. The zero-order valence-corrected chi connectivity index (χ0v) is 11.3. The van der Waals surface area contributed by atoms with Gasteiger partial charge in [-0.3, -0.25) is 9.89 Å². The van der Waals surface area contributed by atoms with E-state index in [1.54, 1.807) is 39.0 Å². The van der Waals surface area contributed by atoms with Gasteiger partial charge in [0, 0.05) is 0 Å². The minimum absolute atomic E-state index is 0.329. The first-order valence-corrected chi connectivity index (χ1v) is 5.84. The molecule has 0 fully saturated rings. The Kier molecular flexibility index (Phi) is 3.09. The molecule has 6 heteroatoms. The number of ether oxygens (including phenoxy) is 2. The molecule has 1 heterocycles. The molecule has 1 aromatic carbocycles. The number of hydrogen-bond acceptors (Lipinski definition) is 4. The topological polar surface area (TPSA) is 73.3 Å². The van der Waals surface area contributed by atoms with E-state index in [4.69, 9.17) is 9.47 Å². The Bertz CT molecular complexity index is 676. The fourth-order valence-electron chi connectivity index (χ4n) is 1.77. The van der Waals surface area contributed by atoms with Crippen LogP contribution in [0.15, 0.2) is 23.0 Å². The van der Waals surface area contributed by atoms with Crippen molar-refractivity contribution >= 4 is 17.0 Å². The quantitative estimate of drug-likeness (QED) is 0.856. The van der Waals surface area contributed by atoms with Crippen LogP contribution in [0.1, 0.15) is 20.8 Å². The highest BCUT2D eigenvalue weighted by molar-refractivity contribution is 5.91. The molecule has 0 aliphatic carbocycles. The minimum Gasteiger partial charge on any atom is -0.496 e. The third kappa shape index (κ3) is 2.47. The van der Waals surface area contributed by atoms with Crippen molar-refractivity contribution in [3.63, 3.8) is 0 Å². The van der Waals surface area contributed by atoms with Crippen molar-refractivity contribution in [3.05, 3.63) is 28.6 Å². The SMILES string of the molecule is COc1cccc2c1c(=O)[nH]n2C(=O)OC(C)(C)C. The molecule has 2 aromatic rings. The van der Waals surface area contributed by atoms with Crippen molar-refractivity contribution in [1.82, 2.24) is 9.78 Å². The Labute approximate surface area is 109 Å². The van der Waals surface area contributed by atoms with Gasteiger partial charge in [-0.05, 0) is 32.9 Å². The predicted octanol–water partition coefficient (Wildman–Crippen LogP) is 2.12. The minimum atomic E-state index is -0.635. The summed E-state index contributed by atoms with van der Waals surface area (Å²) in [4.78, 5) is 23.9. The van der Waals surface area contributed by atoms with Gasteiger partial charge in [0.05, 0.1) is 12.6 Å². The number of carbonyl (C=O) groups excluding carboxylic acids is 1. The highest BCUT2D eigenvalue weighted by Gasteiger charge is 2.21. The van der Waals surface area contributed by atoms with E-state index in [2.05, 4.69) is 5.10 Å². The van der Waals surface area contributed by atoms with Crippen LogP contribution in [0.4, 0.5) is 4.79 Å². The summed E-state index contributed by atoms with van der Waals surface area (Å²) in [7, 11) is 1.47. The summed E-state index contributed by atoms with van der Waals surface area (Å²) >= 11 is 0. The van der Waals surface area contributed by atoms with E-state index in [-0.39, 0.29) is 0 Å². The van der Waals surface area contributed by atoms with E-state index in [1.165, 1.54) is 7.11 Å². The number of hydrogen-bond donors (Lipinski definition) is 1. The molecule has 2 rings (SSSR count). The second-order valence-electron chi connectivity index (χ2n) is 5.11. The Balaban J connectivity index is 2.58. The zero-order valence-electron chi connectivity index (χ0n) is 11.3. The molecular formula is C13H16N2O4. The van der Waals surface area contributed by atoms with Gasteiger partial charge in [-0.1, -0.05) is 6.07 Å². The van der Waals surface area contributed by atoms with Gasteiger partial charge in [0.1, 0.15) is 16.7 Å². The number of benzene rings is 1. The van der Waals surface area contributed by atoms with Gasteiger partial charge in [0.15, 0.2) is 0 Å². The number of nitrogens with one attached hydrogen (secondary N) is 1. The van der Waals surface area contributed by atoms with Crippen LogP contribution in [0.2, 0.25) is 0 Å². The standard InChI is InChI=1S/C13H16N2O4/c1-13(2,3)19-12(17)15-8-6-5-7-9(18-4)10(8)11(16)14-15/h5-7H,1-4H3,(H,14,16). The lowest BCUT2D eigenvalue weighted by Crippen LogP contribution is -2.28. The molecule has 6 nitrogen and oxygen atoms in total. The van der Waals surface area contributed by atoms with Crippen LogP contribution < -0.4 is 10.3 Å². The second-order valence-corrected chi connectivity index (χ2v) is 5.11. The number of aromatic nitrogens is 2.